The van der Waals surface area contributed by atoms with Crippen LogP contribution in [0.3, 0.4) is 0 Å². The zero-order chi connectivity index (χ0) is 14.5. The highest BCUT2D eigenvalue weighted by Gasteiger charge is 2.10. The van der Waals surface area contributed by atoms with Gasteiger partial charge >= 0.3 is 5.97 Å². The smallest absolute Gasteiger partial charge is 0.338 e. The minimum Gasteiger partial charge on any atom is -0.489 e. The highest BCUT2D eigenvalue weighted by atomic mass is 19.1. The average molecular weight is 276 g/mol. The summed E-state index contributed by atoms with van der Waals surface area (Å²) in [6.45, 7) is -0.0592. The number of hydrogen-bond acceptors (Lipinski definition) is 3. The number of aromatic carboxylic acids is 1. The Bertz CT molecular complexity index is 625. The molecule has 0 atom stereocenters. The van der Waals surface area contributed by atoms with Crippen LogP contribution in [0.5, 0.6) is 5.75 Å². The maximum absolute atomic E-state index is 13.5. The normalized spacial score (nSPS) is 10.3. The summed E-state index contributed by atoms with van der Waals surface area (Å²) in [5.41, 5.74) is 0.778. The summed E-state index contributed by atoms with van der Waals surface area (Å²) in [6.07, 6.45) is 0. The van der Waals surface area contributed by atoms with E-state index in [0.717, 1.165) is 6.07 Å². The molecule has 2 aromatic carbocycles. The highest BCUT2D eigenvalue weighted by molar-refractivity contribution is 5.87. The van der Waals surface area contributed by atoms with Crippen LogP contribution in [0.15, 0.2) is 42.5 Å². The topological polar surface area (TPSA) is 66.8 Å². The molecular formula is C15H13FO4. The molecule has 0 aromatic heterocycles. The van der Waals surface area contributed by atoms with Crippen molar-refractivity contribution in [2.75, 3.05) is 0 Å². The van der Waals surface area contributed by atoms with Crippen molar-refractivity contribution in [1.29, 1.82) is 0 Å². The lowest BCUT2D eigenvalue weighted by molar-refractivity contribution is 0.0692. The molecule has 0 saturated heterocycles. The fourth-order valence-electron chi connectivity index (χ4n) is 1.76. The molecule has 2 N–H and O–H groups in total. The second-order valence-electron chi connectivity index (χ2n) is 4.17. The summed E-state index contributed by atoms with van der Waals surface area (Å²) in [4.78, 5) is 10.7. The number of carboxylic acids is 1. The molecule has 0 aliphatic heterocycles. The van der Waals surface area contributed by atoms with E-state index in [1.165, 1.54) is 12.1 Å². The van der Waals surface area contributed by atoms with Gasteiger partial charge < -0.3 is 14.9 Å². The lowest BCUT2D eigenvalue weighted by Crippen LogP contribution is -2.03. The van der Waals surface area contributed by atoms with Crippen LogP contribution in [0.25, 0.3) is 0 Å². The number of carbonyl (C=O) groups is 1. The number of ether oxygens (including phenoxy) is 1. The Kier molecular flexibility index (Phi) is 4.32. The van der Waals surface area contributed by atoms with Gasteiger partial charge in [0, 0.05) is 5.56 Å². The van der Waals surface area contributed by atoms with Gasteiger partial charge in [-0.15, -0.1) is 0 Å². The van der Waals surface area contributed by atoms with Crippen molar-refractivity contribution < 1.29 is 24.1 Å². The van der Waals surface area contributed by atoms with Gasteiger partial charge in [0.05, 0.1) is 12.2 Å². The fourth-order valence-corrected chi connectivity index (χ4v) is 1.76. The first-order valence-corrected chi connectivity index (χ1v) is 5.95. The monoisotopic (exact) mass is 276 g/mol. The third-order valence-electron chi connectivity index (χ3n) is 2.80. The van der Waals surface area contributed by atoms with Gasteiger partial charge in [-0.3, -0.25) is 0 Å². The van der Waals surface area contributed by atoms with E-state index in [2.05, 4.69) is 0 Å². The minimum absolute atomic E-state index is 0.0911. The van der Waals surface area contributed by atoms with Crippen molar-refractivity contribution in [2.24, 2.45) is 0 Å². The largest absolute Gasteiger partial charge is 0.489 e. The van der Waals surface area contributed by atoms with E-state index in [-0.39, 0.29) is 18.8 Å². The lowest BCUT2D eigenvalue weighted by atomic mass is 10.1. The van der Waals surface area contributed by atoms with Crippen molar-refractivity contribution in [2.45, 2.75) is 13.2 Å². The van der Waals surface area contributed by atoms with Gasteiger partial charge in [0.15, 0.2) is 0 Å². The number of hydrogen-bond donors (Lipinski definition) is 2. The van der Waals surface area contributed by atoms with Crippen molar-refractivity contribution in [3.63, 3.8) is 0 Å². The molecule has 5 heteroatoms. The molecule has 104 valence electrons. The summed E-state index contributed by atoms with van der Waals surface area (Å²) in [7, 11) is 0. The predicted octanol–water partition coefficient (Wildman–Crippen LogP) is 2.60. The van der Waals surface area contributed by atoms with Crippen LogP contribution in [-0.2, 0) is 13.2 Å². The van der Waals surface area contributed by atoms with Crippen LogP contribution < -0.4 is 4.74 Å². The molecule has 0 unspecified atom stereocenters. The maximum Gasteiger partial charge on any atom is 0.338 e. The quantitative estimate of drug-likeness (QED) is 0.881. The fraction of sp³-hybridized carbons (Fsp3) is 0.133. The van der Waals surface area contributed by atoms with E-state index in [1.54, 1.807) is 24.3 Å². The van der Waals surface area contributed by atoms with Gasteiger partial charge in [-0.2, -0.15) is 0 Å². The number of para-hydroxylation sites is 1. The van der Waals surface area contributed by atoms with E-state index in [9.17, 15) is 9.18 Å². The average Bonchev–Trinajstić information content (AvgIpc) is 2.45. The summed E-state index contributed by atoms with van der Waals surface area (Å²) in [6, 6.07) is 10.8. The standard InChI is InChI=1S/C15H13FO4/c16-13-7-10(5-6-12(13)15(18)19)9-20-14-4-2-1-3-11(14)8-17/h1-7,17H,8-9H2,(H,18,19). The molecule has 0 amide bonds. The van der Waals surface area contributed by atoms with Crippen molar-refractivity contribution in [3.05, 3.63) is 65.0 Å². The zero-order valence-electron chi connectivity index (χ0n) is 10.5. The number of benzene rings is 2. The van der Waals surface area contributed by atoms with E-state index in [4.69, 9.17) is 14.9 Å². The molecular weight excluding hydrogens is 263 g/mol. The van der Waals surface area contributed by atoms with Gasteiger partial charge in [0.1, 0.15) is 18.2 Å². The number of carboxylic acid groups (broad SMARTS) is 1. The van der Waals surface area contributed by atoms with Crippen molar-refractivity contribution in [1.82, 2.24) is 0 Å². The molecule has 0 spiro atoms. The lowest BCUT2D eigenvalue weighted by Gasteiger charge is -2.10. The van der Waals surface area contributed by atoms with E-state index >= 15 is 0 Å². The molecule has 0 heterocycles. The SMILES string of the molecule is O=C(O)c1ccc(COc2ccccc2CO)cc1F. The molecule has 0 aliphatic rings. The molecule has 0 fully saturated rings. The van der Waals surface area contributed by atoms with Crippen molar-refractivity contribution in [3.8, 4) is 5.75 Å². The van der Waals surface area contributed by atoms with E-state index in [1.807, 2.05) is 0 Å². The summed E-state index contributed by atoms with van der Waals surface area (Å²) < 4.78 is 19.0. The van der Waals surface area contributed by atoms with Crippen LogP contribution in [-0.4, -0.2) is 16.2 Å². The Morgan fingerprint density at radius 1 is 1.20 bits per heavy atom. The minimum atomic E-state index is -1.31. The molecule has 2 rings (SSSR count). The second kappa shape index (κ2) is 6.16. The predicted molar refractivity (Wildman–Crippen MR) is 70.1 cm³/mol. The molecule has 2 aromatic rings. The molecule has 0 saturated carbocycles. The Morgan fingerprint density at radius 2 is 1.95 bits per heavy atom. The Morgan fingerprint density at radius 3 is 2.60 bits per heavy atom. The van der Waals surface area contributed by atoms with Crippen LogP contribution in [0.4, 0.5) is 4.39 Å². The van der Waals surface area contributed by atoms with Gasteiger partial charge in [-0.05, 0) is 23.8 Å². The first kappa shape index (κ1) is 14.0. The first-order chi connectivity index (χ1) is 9.61. The third-order valence-corrected chi connectivity index (χ3v) is 2.80. The van der Waals surface area contributed by atoms with Crippen LogP contribution >= 0.6 is 0 Å². The Balaban J connectivity index is 2.11. The second-order valence-corrected chi connectivity index (χ2v) is 4.17. The molecule has 0 aliphatic carbocycles. The van der Waals surface area contributed by atoms with Gasteiger partial charge in [-0.1, -0.05) is 24.3 Å². The van der Waals surface area contributed by atoms with Crippen LogP contribution in [0.2, 0.25) is 0 Å². The number of aliphatic hydroxyl groups excluding tert-OH is 1. The van der Waals surface area contributed by atoms with Gasteiger partial charge in [0.25, 0.3) is 0 Å². The molecule has 20 heavy (non-hydrogen) atoms. The number of aliphatic hydroxyl groups is 1. The highest BCUT2D eigenvalue weighted by Crippen LogP contribution is 2.20. The van der Waals surface area contributed by atoms with E-state index in [0.29, 0.717) is 16.9 Å². The van der Waals surface area contributed by atoms with Crippen LogP contribution in [0, 0.1) is 5.82 Å². The summed E-state index contributed by atoms with van der Waals surface area (Å²) in [5, 5.41) is 17.9. The maximum atomic E-state index is 13.5. The molecule has 0 bridgehead atoms. The first-order valence-electron chi connectivity index (χ1n) is 5.95. The molecule has 4 nitrogen and oxygen atoms in total. The van der Waals surface area contributed by atoms with Crippen molar-refractivity contribution >= 4 is 5.97 Å². The van der Waals surface area contributed by atoms with E-state index < -0.39 is 11.8 Å². The van der Waals surface area contributed by atoms with Crippen LogP contribution in [0.1, 0.15) is 21.5 Å². The zero-order valence-corrected chi connectivity index (χ0v) is 10.5. The number of rotatable bonds is 5. The summed E-state index contributed by atoms with van der Waals surface area (Å²) in [5.74, 6) is -1.59. The Hall–Kier alpha value is -2.40. The Labute approximate surface area is 115 Å². The molecule has 0 radical (unpaired) electrons. The third kappa shape index (κ3) is 3.13. The summed E-state index contributed by atoms with van der Waals surface area (Å²) >= 11 is 0. The number of halogens is 1. The van der Waals surface area contributed by atoms with Gasteiger partial charge in [-0.25, -0.2) is 9.18 Å². The van der Waals surface area contributed by atoms with Gasteiger partial charge in [0.2, 0.25) is 0 Å².